The summed E-state index contributed by atoms with van der Waals surface area (Å²) in [6.07, 6.45) is 3.08. The monoisotopic (exact) mass is 496 g/mol. The summed E-state index contributed by atoms with van der Waals surface area (Å²) in [6.45, 7) is 11.0. The number of nitrogens with one attached hydrogen (secondary N) is 2. The average molecular weight is 497 g/mol. The molecule has 2 aromatic heterocycles. The van der Waals surface area contributed by atoms with Gasteiger partial charge in [-0.05, 0) is 58.6 Å². The molecule has 2 N–H and O–H groups in total. The molecule has 1 aliphatic heterocycles. The fourth-order valence-electron chi connectivity index (χ4n) is 4.56. The van der Waals surface area contributed by atoms with Gasteiger partial charge in [-0.2, -0.15) is 4.98 Å². The third kappa shape index (κ3) is 5.53. The van der Waals surface area contributed by atoms with Crippen LogP contribution in [0.5, 0.6) is 0 Å². The molecule has 186 valence electrons. The van der Waals surface area contributed by atoms with Crippen LogP contribution in [0.4, 0.5) is 10.8 Å². The van der Waals surface area contributed by atoms with Crippen LogP contribution in [0, 0.1) is 26.7 Å². The summed E-state index contributed by atoms with van der Waals surface area (Å²) in [6, 6.07) is 4.12. The minimum Gasteiger partial charge on any atom is -0.354 e. The van der Waals surface area contributed by atoms with Crippen molar-refractivity contribution in [2.75, 3.05) is 23.3 Å². The summed E-state index contributed by atoms with van der Waals surface area (Å²) in [4.78, 5) is 49.3. The van der Waals surface area contributed by atoms with Gasteiger partial charge in [-0.15, -0.1) is 0 Å². The van der Waals surface area contributed by atoms with Crippen LogP contribution in [0.25, 0.3) is 10.3 Å². The zero-order valence-electron chi connectivity index (χ0n) is 20.8. The van der Waals surface area contributed by atoms with E-state index in [4.69, 9.17) is 0 Å². The first-order valence-corrected chi connectivity index (χ1v) is 12.7. The van der Waals surface area contributed by atoms with Crippen molar-refractivity contribution in [2.24, 2.45) is 5.92 Å². The molecule has 9 nitrogen and oxygen atoms in total. The van der Waals surface area contributed by atoms with E-state index >= 15 is 0 Å². The van der Waals surface area contributed by atoms with Crippen LogP contribution in [-0.4, -0.2) is 45.5 Å². The average Bonchev–Trinajstić information content (AvgIpc) is 3.23. The molecule has 1 aromatic carbocycles. The van der Waals surface area contributed by atoms with Crippen molar-refractivity contribution in [1.82, 2.24) is 19.9 Å². The molecular weight excluding hydrogens is 464 g/mol. The van der Waals surface area contributed by atoms with Crippen LogP contribution in [-0.2, 0) is 16.1 Å². The van der Waals surface area contributed by atoms with Gasteiger partial charge in [0, 0.05) is 24.8 Å². The Balaban J connectivity index is 1.51. The maximum atomic E-state index is 13.1. The van der Waals surface area contributed by atoms with Crippen LogP contribution in [0.3, 0.4) is 0 Å². The van der Waals surface area contributed by atoms with Crippen molar-refractivity contribution in [3.8, 4) is 0 Å². The molecule has 3 aromatic rings. The first kappa shape index (κ1) is 24.8. The molecular formula is C25H32N6O3S. The minimum atomic E-state index is -0.294. The molecule has 0 unspecified atom stereocenters. The second-order valence-corrected chi connectivity index (χ2v) is 10.6. The summed E-state index contributed by atoms with van der Waals surface area (Å²) in [5.74, 6) is -0.348. The van der Waals surface area contributed by atoms with E-state index in [9.17, 15) is 14.4 Å². The standard InChI is InChI=1S/C25H32N6O3S/c1-14(2)27-23(33)18-7-6-8-30(11-18)25-29-22-21(35-25)24(34)31(13-26-22)12-19(32)28-20-16(4)9-15(3)10-17(20)5/h9-10,13-14,18H,6-8,11-12H2,1-5H3,(H,27,33)(H,28,32)/t18-/m1/s1. The van der Waals surface area contributed by atoms with E-state index < -0.39 is 0 Å². The van der Waals surface area contributed by atoms with Gasteiger partial charge in [0.2, 0.25) is 11.8 Å². The van der Waals surface area contributed by atoms with Crippen molar-refractivity contribution in [2.45, 2.75) is 60.0 Å². The molecule has 2 amide bonds. The summed E-state index contributed by atoms with van der Waals surface area (Å²) in [5.41, 5.74) is 3.92. The normalized spacial score (nSPS) is 16.1. The number of anilines is 2. The first-order chi connectivity index (χ1) is 16.6. The smallest absolute Gasteiger partial charge is 0.273 e. The summed E-state index contributed by atoms with van der Waals surface area (Å²) in [7, 11) is 0. The molecule has 0 spiro atoms. The Morgan fingerprint density at radius 3 is 2.60 bits per heavy atom. The highest BCUT2D eigenvalue weighted by Crippen LogP contribution is 2.29. The number of piperidine rings is 1. The molecule has 1 atom stereocenters. The van der Waals surface area contributed by atoms with Gasteiger partial charge in [-0.3, -0.25) is 19.0 Å². The van der Waals surface area contributed by atoms with E-state index in [2.05, 4.69) is 25.5 Å². The zero-order chi connectivity index (χ0) is 25.3. The fourth-order valence-corrected chi connectivity index (χ4v) is 5.56. The Hall–Kier alpha value is -3.27. The second-order valence-electron chi connectivity index (χ2n) is 9.60. The lowest BCUT2D eigenvalue weighted by molar-refractivity contribution is -0.125. The maximum Gasteiger partial charge on any atom is 0.273 e. The highest BCUT2D eigenvalue weighted by molar-refractivity contribution is 7.22. The summed E-state index contributed by atoms with van der Waals surface area (Å²) < 4.78 is 1.72. The summed E-state index contributed by atoms with van der Waals surface area (Å²) >= 11 is 1.27. The number of carbonyl (C=O) groups is 2. The number of carbonyl (C=O) groups excluding carboxylic acids is 2. The van der Waals surface area contributed by atoms with E-state index in [1.54, 1.807) is 0 Å². The van der Waals surface area contributed by atoms with Crippen molar-refractivity contribution in [3.63, 3.8) is 0 Å². The quantitative estimate of drug-likeness (QED) is 0.543. The number of nitrogens with zero attached hydrogens (tertiary/aromatic N) is 4. The number of aromatic nitrogens is 3. The van der Waals surface area contributed by atoms with Gasteiger partial charge in [0.1, 0.15) is 17.6 Å². The molecule has 4 rings (SSSR count). The molecule has 35 heavy (non-hydrogen) atoms. The van der Waals surface area contributed by atoms with Gasteiger partial charge in [0.05, 0.1) is 5.92 Å². The minimum absolute atomic E-state index is 0.0522. The third-order valence-corrected chi connectivity index (χ3v) is 7.21. The molecule has 0 radical (unpaired) electrons. The SMILES string of the molecule is Cc1cc(C)c(NC(=O)Cn2cnc3nc(N4CCC[C@@H](C(=O)NC(C)C)C4)sc3c2=O)c(C)c1. The van der Waals surface area contributed by atoms with E-state index in [0.717, 1.165) is 41.8 Å². The largest absolute Gasteiger partial charge is 0.354 e. The molecule has 0 bridgehead atoms. The number of benzene rings is 1. The molecule has 0 aliphatic carbocycles. The maximum absolute atomic E-state index is 13.1. The van der Waals surface area contributed by atoms with E-state index in [1.807, 2.05) is 46.8 Å². The Kier molecular flexibility index (Phi) is 7.20. The Labute approximate surface area is 208 Å². The molecule has 10 heteroatoms. The number of rotatable bonds is 6. The molecule has 3 heterocycles. The van der Waals surface area contributed by atoms with Gasteiger partial charge in [0.25, 0.3) is 5.56 Å². The van der Waals surface area contributed by atoms with Crippen LogP contribution in [0.1, 0.15) is 43.4 Å². The van der Waals surface area contributed by atoms with Crippen LogP contribution in [0.2, 0.25) is 0 Å². The topological polar surface area (TPSA) is 109 Å². The lowest BCUT2D eigenvalue weighted by atomic mass is 9.97. The lowest BCUT2D eigenvalue weighted by Gasteiger charge is -2.32. The lowest BCUT2D eigenvalue weighted by Crippen LogP contribution is -2.44. The predicted molar refractivity (Wildman–Crippen MR) is 139 cm³/mol. The van der Waals surface area contributed by atoms with Crippen LogP contribution >= 0.6 is 11.3 Å². The highest BCUT2D eigenvalue weighted by atomic mass is 32.1. The molecule has 1 fully saturated rings. The van der Waals surface area contributed by atoms with E-state index in [-0.39, 0.29) is 35.9 Å². The van der Waals surface area contributed by atoms with E-state index in [0.29, 0.717) is 22.0 Å². The van der Waals surface area contributed by atoms with Gasteiger partial charge >= 0.3 is 0 Å². The number of thiazole rings is 1. The number of aryl methyl sites for hydroxylation is 3. The number of amides is 2. The third-order valence-electron chi connectivity index (χ3n) is 6.12. The zero-order valence-corrected chi connectivity index (χ0v) is 21.7. The van der Waals surface area contributed by atoms with Crippen LogP contribution < -0.4 is 21.1 Å². The van der Waals surface area contributed by atoms with Gasteiger partial charge in [0.15, 0.2) is 10.8 Å². The van der Waals surface area contributed by atoms with Gasteiger partial charge in [-0.1, -0.05) is 29.0 Å². The fraction of sp³-hybridized carbons (Fsp3) is 0.480. The molecule has 0 saturated carbocycles. The Morgan fingerprint density at radius 1 is 1.20 bits per heavy atom. The van der Waals surface area contributed by atoms with Gasteiger partial charge in [-0.25, -0.2) is 4.98 Å². The Bertz CT molecular complexity index is 1310. The number of hydrogen-bond acceptors (Lipinski definition) is 7. The predicted octanol–water partition coefficient (Wildman–Crippen LogP) is 3.16. The van der Waals surface area contributed by atoms with Crippen molar-refractivity contribution >= 4 is 44.3 Å². The molecule has 1 aliphatic rings. The van der Waals surface area contributed by atoms with Crippen LogP contribution in [0.15, 0.2) is 23.3 Å². The van der Waals surface area contributed by atoms with Crippen molar-refractivity contribution in [1.29, 1.82) is 0 Å². The highest BCUT2D eigenvalue weighted by Gasteiger charge is 2.28. The van der Waals surface area contributed by atoms with Crippen molar-refractivity contribution in [3.05, 3.63) is 45.5 Å². The second kappa shape index (κ2) is 10.2. The Morgan fingerprint density at radius 2 is 1.91 bits per heavy atom. The number of hydrogen-bond donors (Lipinski definition) is 2. The molecule has 1 saturated heterocycles. The van der Waals surface area contributed by atoms with Gasteiger partial charge < -0.3 is 15.5 Å². The summed E-state index contributed by atoms with van der Waals surface area (Å²) in [5, 5.41) is 6.60. The first-order valence-electron chi connectivity index (χ1n) is 11.9. The number of fused-ring (bicyclic) bond motifs is 1. The van der Waals surface area contributed by atoms with E-state index in [1.165, 1.54) is 22.2 Å². The van der Waals surface area contributed by atoms with Crippen molar-refractivity contribution < 1.29 is 9.59 Å².